The summed E-state index contributed by atoms with van der Waals surface area (Å²) in [6.45, 7) is 5.96. The lowest BCUT2D eigenvalue weighted by molar-refractivity contribution is -0.118. The number of carbonyl (C=O) groups excluding carboxylic acids is 1. The summed E-state index contributed by atoms with van der Waals surface area (Å²) in [5.41, 5.74) is 3.23. The van der Waals surface area contributed by atoms with Crippen molar-refractivity contribution in [1.82, 2.24) is 0 Å². The Kier molecular flexibility index (Phi) is 5.41. The molecule has 1 amide bonds. The van der Waals surface area contributed by atoms with Gasteiger partial charge in [-0.15, -0.1) is 0 Å². The molecule has 1 aliphatic rings. The topological polar surface area (TPSA) is 69.7 Å². The van der Waals surface area contributed by atoms with Crippen molar-refractivity contribution < 1.29 is 13.2 Å². The summed E-state index contributed by atoms with van der Waals surface area (Å²) in [5, 5.41) is 0. The minimum atomic E-state index is -3.69. The van der Waals surface area contributed by atoms with Gasteiger partial charge >= 0.3 is 0 Å². The van der Waals surface area contributed by atoms with Crippen LogP contribution in [0.15, 0.2) is 47.4 Å². The fourth-order valence-corrected chi connectivity index (χ4v) is 4.45. The summed E-state index contributed by atoms with van der Waals surface area (Å²) in [4.78, 5) is 15.8. The van der Waals surface area contributed by atoms with Crippen molar-refractivity contribution in [3.05, 3.63) is 48.0 Å². The van der Waals surface area contributed by atoms with E-state index in [1.54, 1.807) is 42.3 Å². The normalized spacial score (nSPS) is 14.0. The summed E-state index contributed by atoms with van der Waals surface area (Å²) in [7, 11) is -1.98. The van der Waals surface area contributed by atoms with Gasteiger partial charge in [-0.1, -0.05) is 0 Å². The number of benzene rings is 2. The third-order valence-corrected chi connectivity index (χ3v) is 6.33. The van der Waals surface area contributed by atoms with Gasteiger partial charge in [0, 0.05) is 43.6 Å². The fraction of sp³-hybridized carbons (Fsp3) is 0.350. The Morgan fingerprint density at radius 1 is 1.04 bits per heavy atom. The number of aryl methyl sites for hydroxylation is 1. The maximum Gasteiger partial charge on any atom is 0.261 e. The van der Waals surface area contributed by atoms with E-state index in [9.17, 15) is 13.2 Å². The Hall–Kier alpha value is -2.54. The predicted molar refractivity (Wildman–Crippen MR) is 109 cm³/mol. The second-order valence-corrected chi connectivity index (χ2v) is 8.25. The average molecular weight is 388 g/mol. The fourth-order valence-electron chi connectivity index (χ4n) is 3.34. The molecule has 0 fully saturated rings. The van der Waals surface area contributed by atoms with Crippen molar-refractivity contribution >= 4 is 33.0 Å². The van der Waals surface area contributed by atoms with E-state index in [1.807, 2.05) is 12.1 Å². The van der Waals surface area contributed by atoms with Crippen LogP contribution in [0.5, 0.6) is 0 Å². The van der Waals surface area contributed by atoms with E-state index in [2.05, 4.69) is 23.5 Å². The summed E-state index contributed by atoms with van der Waals surface area (Å²) in [6, 6.07) is 12.3. The van der Waals surface area contributed by atoms with Crippen LogP contribution in [0, 0.1) is 0 Å². The molecule has 1 heterocycles. The third kappa shape index (κ3) is 3.93. The first kappa shape index (κ1) is 19.2. The molecule has 0 spiro atoms. The number of nitrogens with one attached hydrogen (secondary N) is 1. The monoisotopic (exact) mass is 387 g/mol. The van der Waals surface area contributed by atoms with Crippen LogP contribution in [0.2, 0.25) is 0 Å². The zero-order valence-electron chi connectivity index (χ0n) is 15.9. The first-order valence-corrected chi connectivity index (χ1v) is 10.6. The second-order valence-electron chi connectivity index (χ2n) is 6.57. The van der Waals surface area contributed by atoms with Gasteiger partial charge in [-0.2, -0.15) is 0 Å². The Bertz CT molecular complexity index is 935. The van der Waals surface area contributed by atoms with Crippen LogP contribution in [0.1, 0.15) is 25.8 Å². The number of sulfonamides is 1. The zero-order chi connectivity index (χ0) is 19.6. The molecule has 0 unspecified atom stereocenters. The SMILES string of the molecule is CCN(CC)c1ccc(NS(=O)(=O)c2ccc3c(c2)CCC(=O)N3C)cc1. The van der Waals surface area contributed by atoms with Gasteiger partial charge in [0.25, 0.3) is 10.0 Å². The predicted octanol–water partition coefficient (Wildman–Crippen LogP) is 3.24. The molecule has 2 aromatic rings. The van der Waals surface area contributed by atoms with Crippen molar-refractivity contribution in [2.45, 2.75) is 31.6 Å². The minimum absolute atomic E-state index is 0.0459. The second kappa shape index (κ2) is 7.60. The molecule has 1 aliphatic heterocycles. The number of rotatable bonds is 6. The summed E-state index contributed by atoms with van der Waals surface area (Å²) >= 11 is 0. The Balaban J connectivity index is 1.82. The van der Waals surface area contributed by atoms with Crippen LogP contribution in [0.4, 0.5) is 17.1 Å². The van der Waals surface area contributed by atoms with Gasteiger partial charge < -0.3 is 9.80 Å². The molecule has 0 radical (unpaired) electrons. The van der Waals surface area contributed by atoms with Crippen molar-refractivity contribution in [2.75, 3.05) is 34.7 Å². The van der Waals surface area contributed by atoms with E-state index < -0.39 is 10.0 Å². The highest BCUT2D eigenvalue weighted by molar-refractivity contribution is 7.92. The summed E-state index contributed by atoms with van der Waals surface area (Å²) < 4.78 is 28.2. The number of anilines is 3. The van der Waals surface area contributed by atoms with Crippen LogP contribution in [0.25, 0.3) is 0 Å². The highest BCUT2D eigenvalue weighted by Crippen LogP contribution is 2.29. The van der Waals surface area contributed by atoms with E-state index in [1.165, 1.54) is 0 Å². The van der Waals surface area contributed by atoms with E-state index in [0.29, 0.717) is 18.5 Å². The molecular formula is C20H25N3O3S. The lowest BCUT2D eigenvalue weighted by Crippen LogP contribution is -2.31. The van der Waals surface area contributed by atoms with Crippen molar-refractivity contribution in [1.29, 1.82) is 0 Å². The molecule has 0 atom stereocenters. The Labute approximate surface area is 160 Å². The molecule has 144 valence electrons. The Morgan fingerprint density at radius 2 is 1.70 bits per heavy atom. The summed E-state index contributed by atoms with van der Waals surface area (Å²) in [5.74, 6) is 0.0459. The number of hydrogen-bond acceptors (Lipinski definition) is 4. The lowest BCUT2D eigenvalue weighted by atomic mass is 10.0. The first-order valence-electron chi connectivity index (χ1n) is 9.13. The van der Waals surface area contributed by atoms with Gasteiger partial charge in [-0.05, 0) is 68.3 Å². The number of carbonyl (C=O) groups is 1. The van der Waals surface area contributed by atoms with Crippen LogP contribution < -0.4 is 14.5 Å². The maximum atomic E-state index is 12.8. The van der Waals surface area contributed by atoms with E-state index in [0.717, 1.165) is 30.0 Å². The van der Waals surface area contributed by atoms with E-state index in [-0.39, 0.29) is 10.8 Å². The Morgan fingerprint density at radius 3 is 2.33 bits per heavy atom. The maximum absolute atomic E-state index is 12.8. The largest absolute Gasteiger partial charge is 0.372 e. The van der Waals surface area contributed by atoms with Crippen LogP contribution >= 0.6 is 0 Å². The molecule has 0 aliphatic carbocycles. The average Bonchev–Trinajstić information content (AvgIpc) is 2.66. The van der Waals surface area contributed by atoms with Gasteiger partial charge in [-0.3, -0.25) is 9.52 Å². The van der Waals surface area contributed by atoms with Gasteiger partial charge in [-0.25, -0.2) is 8.42 Å². The number of hydrogen-bond donors (Lipinski definition) is 1. The minimum Gasteiger partial charge on any atom is -0.372 e. The molecule has 0 saturated heterocycles. The standard InChI is InChI=1S/C20H25N3O3S/c1-4-23(5-2)17-9-7-16(8-10-17)21-27(25,26)18-11-12-19-15(14-18)6-13-20(24)22(19)3/h7-12,14,21H,4-6,13H2,1-3H3. The molecule has 2 aromatic carbocycles. The molecule has 1 N–H and O–H groups in total. The zero-order valence-corrected chi connectivity index (χ0v) is 16.7. The molecule has 3 rings (SSSR count). The molecule has 0 aromatic heterocycles. The van der Waals surface area contributed by atoms with Gasteiger partial charge in [0.1, 0.15) is 0 Å². The summed E-state index contributed by atoms with van der Waals surface area (Å²) in [6.07, 6.45) is 0.952. The van der Waals surface area contributed by atoms with Gasteiger partial charge in [0.05, 0.1) is 4.90 Å². The third-order valence-electron chi connectivity index (χ3n) is 4.95. The van der Waals surface area contributed by atoms with Crippen LogP contribution in [-0.2, 0) is 21.2 Å². The lowest BCUT2D eigenvalue weighted by Gasteiger charge is -2.26. The quantitative estimate of drug-likeness (QED) is 0.826. The van der Waals surface area contributed by atoms with Crippen LogP contribution in [0.3, 0.4) is 0 Å². The first-order chi connectivity index (χ1) is 12.9. The number of amides is 1. The van der Waals surface area contributed by atoms with Crippen LogP contribution in [-0.4, -0.2) is 34.5 Å². The number of fused-ring (bicyclic) bond motifs is 1. The molecular weight excluding hydrogens is 362 g/mol. The molecule has 0 bridgehead atoms. The molecule has 7 heteroatoms. The van der Waals surface area contributed by atoms with Crippen molar-refractivity contribution in [3.63, 3.8) is 0 Å². The smallest absolute Gasteiger partial charge is 0.261 e. The van der Waals surface area contributed by atoms with Crippen molar-refractivity contribution in [3.8, 4) is 0 Å². The number of nitrogens with zero attached hydrogens (tertiary/aromatic N) is 2. The highest BCUT2D eigenvalue weighted by Gasteiger charge is 2.23. The van der Waals surface area contributed by atoms with Crippen molar-refractivity contribution in [2.24, 2.45) is 0 Å². The highest BCUT2D eigenvalue weighted by atomic mass is 32.2. The van der Waals surface area contributed by atoms with Gasteiger partial charge in [0.2, 0.25) is 5.91 Å². The molecule has 27 heavy (non-hydrogen) atoms. The van der Waals surface area contributed by atoms with E-state index >= 15 is 0 Å². The van der Waals surface area contributed by atoms with Gasteiger partial charge in [0.15, 0.2) is 0 Å². The van der Waals surface area contributed by atoms with E-state index in [4.69, 9.17) is 0 Å². The molecule has 0 saturated carbocycles. The molecule has 6 nitrogen and oxygen atoms in total.